The summed E-state index contributed by atoms with van der Waals surface area (Å²) in [7, 11) is 0. The first-order valence-electron chi connectivity index (χ1n) is 9.83. The molecule has 0 unspecified atom stereocenters. The van der Waals surface area contributed by atoms with E-state index < -0.39 is 0 Å². The predicted octanol–water partition coefficient (Wildman–Crippen LogP) is 1.91. The van der Waals surface area contributed by atoms with Crippen LogP contribution >= 0.6 is 0 Å². The second-order valence-corrected chi connectivity index (χ2v) is 7.91. The Hall–Kier alpha value is -1.63. The van der Waals surface area contributed by atoms with Crippen molar-refractivity contribution >= 4 is 5.96 Å². The van der Waals surface area contributed by atoms with E-state index in [0.29, 0.717) is 42.4 Å². The average Bonchev–Trinajstić information content (AvgIpc) is 3.02. The van der Waals surface area contributed by atoms with Gasteiger partial charge in [0, 0.05) is 37.4 Å². The number of fused-ring (bicyclic) bond motifs is 5. The van der Waals surface area contributed by atoms with E-state index in [-0.39, 0.29) is 0 Å². The van der Waals surface area contributed by atoms with Crippen molar-refractivity contribution < 1.29 is 9.26 Å². The van der Waals surface area contributed by atoms with Crippen LogP contribution in [0.1, 0.15) is 56.7 Å². The fourth-order valence-corrected chi connectivity index (χ4v) is 4.62. The summed E-state index contributed by atoms with van der Waals surface area (Å²) in [6.45, 7) is 5.68. The minimum atomic E-state index is 0.459. The largest absolute Gasteiger partial charge is 0.374 e. The van der Waals surface area contributed by atoms with E-state index in [9.17, 15) is 0 Å². The minimum absolute atomic E-state index is 0.459. The smallest absolute Gasteiger partial charge is 0.248 e. The van der Waals surface area contributed by atoms with Gasteiger partial charge in [0.25, 0.3) is 0 Å². The molecule has 4 heterocycles. The summed E-state index contributed by atoms with van der Waals surface area (Å²) in [6, 6.07) is 0. The molecular formula is C18H27N5O2. The number of hydrogen-bond acceptors (Lipinski definition) is 5. The molecule has 1 N–H and O–H groups in total. The number of ether oxygens (including phenoxy) is 1. The molecule has 136 valence electrons. The molecule has 3 aliphatic heterocycles. The second-order valence-electron chi connectivity index (χ2n) is 7.91. The number of nitrogens with one attached hydrogen (secondary N) is 1. The molecule has 0 radical (unpaired) electrons. The molecule has 1 aromatic heterocycles. The number of guanidine groups is 1. The molecule has 0 aromatic carbocycles. The van der Waals surface area contributed by atoms with E-state index in [1.54, 1.807) is 0 Å². The molecule has 7 heteroatoms. The van der Waals surface area contributed by atoms with Gasteiger partial charge in [0.2, 0.25) is 5.89 Å². The average molecular weight is 345 g/mol. The van der Waals surface area contributed by atoms with Crippen molar-refractivity contribution in [3.05, 3.63) is 11.7 Å². The van der Waals surface area contributed by atoms with Crippen LogP contribution in [0.4, 0.5) is 0 Å². The molecule has 3 saturated heterocycles. The van der Waals surface area contributed by atoms with Crippen molar-refractivity contribution in [2.45, 2.75) is 63.7 Å². The van der Waals surface area contributed by atoms with Crippen molar-refractivity contribution in [1.82, 2.24) is 20.4 Å². The topological polar surface area (TPSA) is 75.8 Å². The maximum atomic E-state index is 6.09. The summed E-state index contributed by atoms with van der Waals surface area (Å²) >= 11 is 0. The molecular weight excluding hydrogens is 318 g/mol. The zero-order valence-electron chi connectivity index (χ0n) is 14.9. The van der Waals surface area contributed by atoms with E-state index in [4.69, 9.17) is 14.3 Å². The van der Waals surface area contributed by atoms with E-state index in [1.807, 2.05) is 0 Å². The number of rotatable bonds is 5. The monoisotopic (exact) mass is 345 g/mol. The van der Waals surface area contributed by atoms with Crippen LogP contribution in [0.15, 0.2) is 9.52 Å². The lowest BCUT2D eigenvalue weighted by Gasteiger charge is -2.23. The Balaban J connectivity index is 1.27. The van der Waals surface area contributed by atoms with E-state index in [1.165, 1.54) is 25.7 Å². The first-order valence-corrected chi connectivity index (χ1v) is 9.83. The maximum Gasteiger partial charge on any atom is 0.248 e. The lowest BCUT2D eigenvalue weighted by molar-refractivity contribution is 0.0767. The minimum Gasteiger partial charge on any atom is -0.374 e. The molecule has 1 aliphatic carbocycles. The highest BCUT2D eigenvalue weighted by molar-refractivity contribution is 5.80. The quantitative estimate of drug-likeness (QED) is 0.649. The summed E-state index contributed by atoms with van der Waals surface area (Å²) in [5, 5.41) is 7.59. The number of aliphatic imine (C=N–C) groups is 1. The van der Waals surface area contributed by atoms with Gasteiger partial charge in [0.1, 0.15) is 6.54 Å². The van der Waals surface area contributed by atoms with Gasteiger partial charge in [-0.05, 0) is 32.1 Å². The van der Waals surface area contributed by atoms with Crippen molar-refractivity contribution in [3.63, 3.8) is 0 Å². The van der Waals surface area contributed by atoms with Gasteiger partial charge in [-0.25, -0.2) is 4.99 Å². The zero-order valence-corrected chi connectivity index (χ0v) is 14.9. The lowest BCUT2D eigenvalue weighted by Crippen LogP contribution is -2.41. The summed E-state index contributed by atoms with van der Waals surface area (Å²) < 4.78 is 11.5. The molecule has 0 spiro atoms. The second kappa shape index (κ2) is 6.27. The van der Waals surface area contributed by atoms with Gasteiger partial charge in [-0.3, -0.25) is 0 Å². The standard InChI is InChI=1S/C18H27N5O2/c1-2-7-19-18(20-8-16-21-17(22-25-16)11-3-4-11)23-9-12-13(10-23)15-6-5-14(12)24-15/h11-15H,2-10H2,1H3,(H,19,20)/t12-,13-,14+,15+/m0/s1. The molecule has 5 rings (SSSR count). The molecule has 0 amide bonds. The Bertz CT molecular complexity index is 638. The van der Waals surface area contributed by atoms with Gasteiger partial charge < -0.3 is 19.5 Å². The van der Waals surface area contributed by atoms with Crippen LogP contribution in [0.2, 0.25) is 0 Å². The third kappa shape index (κ3) is 2.92. The van der Waals surface area contributed by atoms with Gasteiger partial charge in [0.05, 0.1) is 12.2 Å². The third-order valence-corrected chi connectivity index (χ3v) is 6.08. The number of aromatic nitrogens is 2. The first-order chi connectivity index (χ1) is 12.3. The highest BCUT2D eigenvalue weighted by Gasteiger charge is 2.53. The Kier molecular flexibility index (Phi) is 3.91. The highest BCUT2D eigenvalue weighted by Crippen LogP contribution is 2.47. The Morgan fingerprint density at radius 3 is 2.64 bits per heavy atom. The fraction of sp³-hybridized carbons (Fsp3) is 0.833. The van der Waals surface area contributed by atoms with Gasteiger partial charge in [-0.15, -0.1) is 0 Å². The van der Waals surface area contributed by atoms with Crippen LogP contribution in [0.3, 0.4) is 0 Å². The summed E-state index contributed by atoms with van der Waals surface area (Å²) in [4.78, 5) is 11.7. The summed E-state index contributed by atoms with van der Waals surface area (Å²) in [5.41, 5.74) is 0. The first kappa shape index (κ1) is 15.6. The molecule has 25 heavy (non-hydrogen) atoms. The van der Waals surface area contributed by atoms with Gasteiger partial charge in [-0.1, -0.05) is 12.1 Å². The van der Waals surface area contributed by atoms with Gasteiger partial charge in [0.15, 0.2) is 11.8 Å². The predicted molar refractivity (Wildman–Crippen MR) is 92.2 cm³/mol. The summed E-state index contributed by atoms with van der Waals surface area (Å²) in [6.07, 6.45) is 6.88. The van der Waals surface area contributed by atoms with Gasteiger partial charge >= 0.3 is 0 Å². The highest BCUT2D eigenvalue weighted by atomic mass is 16.5. The lowest BCUT2D eigenvalue weighted by atomic mass is 9.82. The Labute approximate surface area is 148 Å². The maximum absolute atomic E-state index is 6.09. The van der Waals surface area contributed by atoms with Crippen LogP contribution in [0, 0.1) is 11.8 Å². The van der Waals surface area contributed by atoms with Crippen LogP contribution in [-0.4, -0.2) is 52.8 Å². The van der Waals surface area contributed by atoms with Crippen molar-refractivity contribution in [1.29, 1.82) is 0 Å². The van der Waals surface area contributed by atoms with Crippen molar-refractivity contribution in [2.24, 2.45) is 16.8 Å². The number of likely N-dealkylation sites (tertiary alicyclic amines) is 1. The fourth-order valence-electron chi connectivity index (χ4n) is 4.62. The van der Waals surface area contributed by atoms with Crippen molar-refractivity contribution in [2.75, 3.05) is 19.6 Å². The Morgan fingerprint density at radius 2 is 1.96 bits per heavy atom. The molecule has 1 saturated carbocycles. The Morgan fingerprint density at radius 1 is 1.20 bits per heavy atom. The zero-order chi connectivity index (χ0) is 16.8. The van der Waals surface area contributed by atoms with Crippen molar-refractivity contribution in [3.8, 4) is 0 Å². The molecule has 4 fully saturated rings. The van der Waals surface area contributed by atoms with E-state index in [0.717, 1.165) is 37.8 Å². The molecule has 7 nitrogen and oxygen atoms in total. The SMILES string of the molecule is CCCNC(=NCc1nc(C2CC2)no1)N1C[C@H]2[C@H](C1)[C@H]1CC[C@H]2O1. The molecule has 2 bridgehead atoms. The van der Waals surface area contributed by atoms with E-state index in [2.05, 4.69) is 27.3 Å². The number of nitrogens with zero attached hydrogens (tertiary/aromatic N) is 4. The van der Waals surface area contributed by atoms with Crippen LogP contribution in [-0.2, 0) is 11.3 Å². The van der Waals surface area contributed by atoms with Gasteiger partial charge in [-0.2, -0.15) is 4.98 Å². The van der Waals surface area contributed by atoms with Crippen LogP contribution in [0.25, 0.3) is 0 Å². The molecule has 4 atom stereocenters. The molecule has 1 aromatic rings. The normalized spacial score (nSPS) is 34.0. The van der Waals surface area contributed by atoms with Crippen LogP contribution < -0.4 is 5.32 Å². The van der Waals surface area contributed by atoms with E-state index >= 15 is 0 Å². The summed E-state index contributed by atoms with van der Waals surface area (Å²) in [5.74, 6) is 4.35. The number of hydrogen-bond donors (Lipinski definition) is 1. The molecule has 4 aliphatic rings. The third-order valence-electron chi connectivity index (χ3n) is 6.08. The van der Waals surface area contributed by atoms with Crippen LogP contribution in [0.5, 0.6) is 0 Å².